The van der Waals surface area contributed by atoms with Gasteiger partial charge in [0.2, 0.25) is 0 Å². The van der Waals surface area contributed by atoms with Gasteiger partial charge in [0, 0.05) is 0 Å². The number of anilines is 1. The van der Waals surface area contributed by atoms with Gasteiger partial charge in [-0.15, -0.1) is 0 Å². The fourth-order valence-electron chi connectivity index (χ4n) is 1.88. The van der Waals surface area contributed by atoms with E-state index in [2.05, 4.69) is 43.3 Å². The minimum Gasteiger partial charge on any atom is -0.273 e. The number of nitrogens with zero attached hydrogens (tertiary/aromatic N) is 1. The van der Waals surface area contributed by atoms with Crippen LogP contribution in [0.3, 0.4) is 0 Å². The summed E-state index contributed by atoms with van der Waals surface area (Å²) >= 11 is 0. The third kappa shape index (κ3) is 2.64. The fraction of sp³-hybridized carbons (Fsp3) is 0.429. The minimum absolute atomic E-state index is 0.815. The maximum atomic E-state index is 5.79. The van der Waals surface area contributed by atoms with Gasteiger partial charge in [-0.2, -0.15) is 0 Å². The molecule has 0 radical (unpaired) electrons. The predicted octanol–water partition coefficient (Wildman–Crippen LogP) is 3.64. The molecule has 1 aromatic carbocycles. The third-order valence-electron chi connectivity index (χ3n) is 2.77. The molecule has 16 heavy (non-hydrogen) atoms. The van der Waals surface area contributed by atoms with E-state index < -0.39 is 0 Å². The van der Waals surface area contributed by atoms with Gasteiger partial charge in [-0.05, 0) is 18.1 Å². The normalized spacial score (nSPS) is 13.9. The van der Waals surface area contributed by atoms with Crippen LogP contribution < -0.4 is 5.06 Å². The van der Waals surface area contributed by atoms with Gasteiger partial charge >= 0.3 is 0 Å². The molecule has 0 atom stereocenters. The van der Waals surface area contributed by atoms with Crippen molar-refractivity contribution in [2.75, 3.05) is 18.2 Å². The van der Waals surface area contributed by atoms with Crippen molar-refractivity contribution in [2.24, 2.45) is 0 Å². The molecule has 86 valence electrons. The summed E-state index contributed by atoms with van der Waals surface area (Å²) < 4.78 is 0. The van der Waals surface area contributed by atoms with Crippen molar-refractivity contribution in [3.8, 4) is 0 Å². The molecule has 0 amide bonds. The number of unbranched alkanes of at least 4 members (excludes halogenated alkanes) is 2. The number of fused-ring (bicyclic) bond motifs is 1. The maximum Gasteiger partial charge on any atom is 0.0748 e. The molecule has 1 aliphatic heterocycles. The van der Waals surface area contributed by atoms with Crippen molar-refractivity contribution in [1.29, 1.82) is 0 Å². The number of rotatable bonds is 5. The van der Waals surface area contributed by atoms with Gasteiger partial charge in [-0.25, -0.2) is 5.06 Å². The highest BCUT2D eigenvalue weighted by atomic mass is 16.7. The molecule has 0 bridgehead atoms. The first kappa shape index (κ1) is 11.2. The summed E-state index contributed by atoms with van der Waals surface area (Å²) in [7, 11) is 0. The number of benzene rings is 1. The summed E-state index contributed by atoms with van der Waals surface area (Å²) in [6.07, 6.45) is 7.91. The molecule has 1 aromatic rings. The molecular formula is C14H19NO. The molecule has 0 N–H and O–H groups in total. The van der Waals surface area contributed by atoms with Crippen LogP contribution in [0.2, 0.25) is 0 Å². The zero-order valence-electron chi connectivity index (χ0n) is 9.86. The first-order valence-corrected chi connectivity index (χ1v) is 6.08. The van der Waals surface area contributed by atoms with E-state index in [0.717, 1.165) is 19.6 Å². The standard InChI is InChI=1S/C14H19NO/c1-2-3-6-12-16-15-11-7-9-13-8-4-5-10-14(13)15/h4-5,7-10H,2-3,6,11-12H2,1H3. The van der Waals surface area contributed by atoms with Crippen LogP contribution in [0.1, 0.15) is 31.7 Å². The molecule has 2 rings (SSSR count). The Bertz CT molecular complexity index is 360. The van der Waals surface area contributed by atoms with Crippen LogP contribution >= 0.6 is 0 Å². The van der Waals surface area contributed by atoms with Gasteiger partial charge in [0.1, 0.15) is 0 Å². The summed E-state index contributed by atoms with van der Waals surface area (Å²) in [5, 5.41) is 1.99. The summed E-state index contributed by atoms with van der Waals surface area (Å²) in [6, 6.07) is 8.34. The molecular weight excluding hydrogens is 198 g/mol. The highest BCUT2D eigenvalue weighted by Crippen LogP contribution is 2.25. The molecule has 2 heteroatoms. The lowest BCUT2D eigenvalue weighted by Gasteiger charge is -2.26. The van der Waals surface area contributed by atoms with E-state index >= 15 is 0 Å². The van der Waals surface area contributed by atoms with Crippen molar-refractivity contribution in [1.82, 2.24) is 0 Å². The Morgan fingerprint density at radius 2 is 2.12 bits per heavy atom. The molecule has 0 fully saturated rings. The van der Waals surface area contributed by atoms with Gasteiger partial charge < -0.3 is 0 Å². The Hall–Kier alpha value is -1.28. The lowest BCUT2D eigenvalue weighted by atomic mass is 10.1. The quantitative estimate of drug-likeness (QED) is 0.698. The lowest BCUT2D eigenvalue weighted by Crippen LogP contribution is -2.26. The predicted molar refractivity (Wildman–Crippen MR) is 68.3 cm³/mol. The first-order valence-electron chi connectivity index (χ1n) is 6.08. The van der Waals surface area contributed by atoms with E-state index in [0.29, 0.717) is 0 Å². The second kappa shape index (κ2) is 5.71. The summed E-state index contributed by atoms with van der Waals surface area (Å²) in [5.74, 6) is 0. The van der Waals surface area contributed by atoms with Gasteiger partial charge in [0.05, 0.1) is 18.8 Å². The largest absolute Gasteiger partial charge is 0.273 e. The number of para-hydroxylation sites is 1. The van der Waals surface area contributed by atoms with Crippen LogP contribution in [-0.2, 0) is 4.84 Å². The molecule has 0 saturated carbocycles. The smallest absolute Gasteiger partial charge is 0.0748 e. The molecule has 0 aromatic heterocycles. The van der Waals surface area contributed by atoms with Crippen LogP contribution in [0.5, 0.6) is 0 Å². The van der Waals surface area contributed by atoms with Gasteiger partial charge in [-0.3, -0.25) is 4.84 Å². The van der Waals surface area contributed by atoms with Crippen LogP contribution in [0.4, 0.5) is 5.69 Å². The lowest BCUT2D eigenvalue weighted by molar-refractivity contribution is 0.110. The van der Waals surface area contributed by atoms with Gasteiger partial charge in [-0.1, -0.05) is 50.1 Å². The van der Waals surface area contributed by atoms with Crippen molar-refractivity contribution < 1.29 is 4.84 Å². The second-order valence-electron chi connectivity index (χ2n) is 4.06. The summed E-state index contributed by atoms with van der Waals surface area (Å²) in [6.45, 7) is 3.87. The average molecular weight is 217 g/mol. The van der Waals surface area contributed by atoms with E-state index in [4.69, 9.17) is 4.84 Å². The topological polar surface area (TPSA) is 12.5 Å². The molecule has 0 aliphatic carbocycles. The summed E-state index contributed by atoms with van der Waals surface area (Å²) in [4.78, 5) is 5.79. The third-order valence-corrected chi connectivity index (χ3v) is 2.77. The molecule has 0 unspecified atom stereocenters. The van der Waals surface area contributed by atoms with Crippen LogP contribution in [0.15, 0.2) is 30.3 Å². The Balaban J connectivity index is 1.94. The SMILES string of the molecule is CCCCCON1CC=Cc2ccccc21. The Kier molecular flexibility index (Phi) is 4.00. The van der Waals surface area contributed by atoms with E-state index in [9.17, 15) is 0 Å². The molecule has 0 saturated heterocycles. The van der Waals surface area contributed by atoms with Crippen molar-refractivity contribution >= 4 is 11.8 Å². The molecule has 0 spiro atoms. The number of hydrogen-bond acceptors (Lipinski definition) is 2. The maximum absolute atomic E-state index is 5.79. The zero-order valence-corrected chi connectivity index (χ0v) is 9.86. The second-order valence-corrected chi connectivity index (χ2v) is 4.06. The number of hydrogen-bond donors (Lipinski definition) is 0. The molecule has 1 aliphatic rings. The van der Waals surface area contributed by atoms with E-state index in [1.807, 2.05) is 5.06 Å². The van der Waals surface area contributed by atoms with Gasteiger partial charge in [0.25, 0.3) is 0 Å². The molecule has 1 heterocycles. The molecule has 2 nitrogen and oxygen atoms in total. The Morgan fingerprint density at radius 1 is 1.25 bits per heavy atom. The minimum atomic E-state index is 0.815. The average Bonchev–Trinajstić information content (AvgIpc) is 2.35. The van der Waals surface area contributed by atoms with Crippen LogP contribution in [0, 0.1) is 0 Å². The van der Waals surface area contributed by atoms with Gasteiger partial charge in [0.15, 0.2) is 0 Å². The Labute approximate surface area is 97.5 Å². The van der Waals surface area contributed by atoms with E-state index in [1.54, 1.807) is 0 Å². The summed E-state index contributed by atoms with van der Waals surface area (Å²) in [5.41, 5.74) is 2.42. The monoisotopic (exact) mass is 217 g/mol. The first-order chi connectivity index (χ1) is 7.92. The van der Waals surface area contributed by atoms with E-state index in [-0.39, 0.29) is 0 Å². The Morgan fingerprint density at radius 3 is 3.00 bits per heavy atom. The van der Waals surface area contributed by atoms with Crippen molar-refractivity contribution in [3.05, 3.63) is 35.9 Å². The highest BCUT2D eigenvalue weighted by Gasteiger charge is 2.12. The number of hydroxylamine groups is 1. The van der Waals surface area contributed by atoms with Crippen molar-refractivity contribution in [3.63, 3.8) is 0 Å². The fourth-order valence-corrected chi connectivity index (χ4v) is 1.88. The van der Waals surface area contributed by atoms with Crippen LogP contribution in [-0.4, -0.2) is 13.2 Å². The van der Waals surface area contributed by atoms with E-state index in [1.165, 1.54) is 24.1 Å². The zero-order chi connectivity index (χ0) is 11.2. The van der Waals surface area contributed by atoms with Crippen LogP contribution in [0.25, 0.3) is 6.08 Å². The van der Waals surface area contributed by atoms with Crippen molar-refractivity contribution in [2.45, 2.75) is 26.2 Å². The highest BCUT2D eigenvalue weighted by molar-refractivity contribution is 5.69.